The van der Waals surface area contributed by atoms with E-state index >= 15 is 0 Å². The molecule has 1 heterocycles. The summed E-state index contributed by atoms with van der Waals surface area (Å²) in [4.78, 5) is 0. The van der Waals surface area contributed by atoms with Crippen LogP contribution in [-0.2, 0) is 33.3 Å². The maximum atomic E-state index is 10.9. The molecule has 0 aromatic carbocycles. The SMILES string of the molecule is CS(=O)(=O)OC[C@H]1OCC[C@@H]1OS(C)(=O)=O. The normalized spacial score (nSPS) is 27.1. The number of hydrogen-bond donors (Lipinski definition) is 0. The average Bonchev–Trinajstić information content (AvgIpc) is 2.44. The molecule has 0 aromatic rings. The van der Waals surface area contributed by atoms with E-state index in [0.717, 1.165) is 12.5 Å². The average molecular weight is 274 g/mol. The van der Waals surface area contributed by atoms with Crippen molar-refractivity contribution in [1.29, 1.82) is 0 Å². The van der Waals surface area contributed by atoms with Crippen molar-refractivity contribution in [2.45, 2.75) is 18.6 Å². The van der Waals surface area contributed by atoms with Gasteiger partial charge >= 0.3 is 0 Å². The Bertz CT molecular complexity index is 424. The van der Waals surface area contributed by atoms with Crippen LogP contribution in [-0.4, -0.2) is 54.8 Å². The van der Waals surface area contributed by atoms with Crippen LogP contribution >= 0.6 is 0 Å². The molecule has 16 heavy (non-hydrogen) atoms. The van der Waals surface area contributed by atoms with Gasteiger partial charge in [0.25, 0.3) is 20.2 Å². The Morgan fingerprint density at radius 2 is 1.81 bits per heavy atom. The summed E-state index contributed by atoms with van der Waals surface area (Å²) in [5, 5.41) is 0. The van der Waals surface area contributed by atoms with Gasteiger partial charge in [0.2, 0.25) is 0 Å². The second kappa shape index (κ2) is 4.96. The lowest BCUT2D eigenvalue weighted by Gasteiger charge is -2.16. The molecule has 0 amide bonds. The van der Waals surface area contributed by atoms with Crippen molar-refractivity contribution in [3.05, 3.63) is 0 Å². The summed E-state index contributed by atoms with van der Waals surface area (Å²) in [6.07, 6.45) is 0.875. The van der Waals surface area contributed by atoms with Gasteiger partial charge in [-0.25, -0.2) is 0 Å². The van der Waals surface area contributed by atoms with Gasteiger partial charge < -0.3 is 4.74 Å². The monoisotopic (exact) mass is 274 g/mol. The first-order valence-corrected chi connectivity index (χ1v) is 8.15. The van der Waals surface area contributed by atoms with E-state index in [1.165, 1.54) is 0 Å². The molecule has 1 fully saturated rings. The van der Waals surface area contributed by atoms with Crippen molar-refractivity contribution in [2.24, 2.45) is 0 Å². The van der Waals surface area contributed by atoms with E-state index in [9.17, 15) is 16.8 Å². The van der Waals surface area contributed by atoms with Crippen molar-refractivity contribution in [1.82, 2.24) is 0 Å². The van der Waals surface area contributed by atoms with E-state index < -0.39 is 32.4 Å². The first-order chi connectivity index (χ1) is 7.17. The van der Waals surface area contributed by atoms with E-state index in [0.29, 0.717) is 13.0 Å². The number of hydrogen-bond acceptors (Lipinski definition) is 7. The van der Waals surface area contributed by atoms with Crippen LogP contribution < -0.4 is 0 Å². The number of rotatable bonds is 5. The fourth-order valence-corrected chi connectivity index (χ4v) is 2.36. The van der Waals surface area contributed by atoms with E-state index in [1.54, 1.807) is 0 Å². The highest BCUT2D eigenvalue weighted by molar-refractivity contribution is 7.86. The fraction of sp³-hybridized carbons (Fsp3) is 1.00. The van der Waals surface area contributed by atoms with Gasteiger partial charge in [-0.05, 0) is 0 Å². The molecule has 2 atom stereocenters. The summed E-state index contributed by atoms with van der Waals surface area (Å²) >= 11 is 0. The first kappa shape index (κ1) is 13.8. The van der Waals surface area contributed by atoms with Crippen LogP contribution in [0.2, 0.25) is 0 Å². The third-order valence-corrected chi connectivity index (χ3v) is 3.05. The Morgan fingerprint density at radius 1 is 1.19 bits per heavy atom. The van der Waals surface area contributed by atoms with E-state index in [2.05, 4.69) is 4.18 Å². The van der Waals surface area contributed by atoms with Crippen LogP contribution in [0, 0.1) is 0 Å². The van der Waals surface area contributed by atoms with Crippen molar-refractivity contribution in [3.63, 3.8) is 0 Å². The van der Waals surface area contributed by atoms with Crippen LogP contribution in [0.3, 0.4) is 0 Å². The van der Waals surface area contributed by atoms with Gasteiger partial charge in [0.1, 0.15) is 12.2 Å². The molecule has 0 saturated carbocycles. The lowest BCUT2D eigenvalue weighted by atomic mass is 10.2. The summed E-state index contributed by atoms with van der Waals surface area (Å²) in [5.41, 5.74) is 0. The van der Waals surface area contributed by atoms with Gasteiger partial charge in [0.15, 0.2) is 0 Å². The smallest absolute Gasteiger partial charge is 0.264 e. The van der Waals surface area contributed by atoms with Gasteiger partial charge in [0, 0.05) is 13.0 Å². The Morgan fingerprint density at radius 3 is 2.31 bits per heavy atom. The molecule has 0 radical (unpaired) electrons. The van der Waals surface area contributed by atoms with Crippen LogP contribution in [0.15, 0.2) is 0 Å². The van der Waals surface area contributed by atoms with Crippen LogP contribution in [0.1, 0.15) is 6.42 Å². The maximum Gasteiger partial charge on any atom is 0.264 e. The zero-order valence-electron chi connectivity index (χ0n) is 8.95. The summed E-state index contributed by atoms with van der Waals surface area (Å²) in [6, 6.07) is 0. The molecule has 1 saturated heterocycles. The molecule has 0 spiro atoms. The van der Waals surface area contributed by atoms with Gasteiger partial charge in [-0.2, -0.15) is 16.8 Å². The lowest BCUT2D eigenvalue weighted by molar-refractivity contribution is 0.0244. The molecular weight excluding hydrogens is 260 g/mol. The van der Waals surface area contributed by atoms with Gasteiger partial charge in [-0.1, -0.05) is 0 Å². The summed E-state index contributed by atoms with van der Waals surface area (Å²) in [6.45, 7) is 0.0804. The topological polar surface area (TPSA) is 96.0 Å². The molecule has 96 valence electrons. The molecule has 0 bridgehead atoms. The summed E-state index contributed by atoms with van der Waals surface area (Å²) in [7, 11) is -7.14. The molecule has 0 unspecified atom stereocenters. The lowest BCUT2D eigenvalue weighted by Crippen LogP contribution is -2.31. The Balaban J connectivity index is 2.53. The fourth-order valence-electron chi connectivity index (χ4n) is 1.31. The molecule has 0 aliphatic carbocycles. The highest BCUT2D eigenvalue weighted by atomic mass is 32.2. The van der Waals surface area contributed by atoms with Crippen molar-refractivity contribution < 1.29 is 29.9 Å². The largest absolute Gasteiger partial charge is 0.373 e. The van der Waals surface area contributed by atoms with Crippen LogP contribution in [0.5, 0.6) is 0 Å². The van der Waals surface area contributed by atoms with Gasteiger partial charge in [-0.3, -0.25) is 8.37 Å². The minimum absolute atomic E-state index is 0.237. The van der Waals surface area contributed by atoms with Gasteiger partial charge in [-0.15, -0.1) is 0 Å². The molecule has 1 aliphatic rings. The number of ether oxygens (including phenoxy) is 1. The van der Waals surface area contributed by atoms with Crippen LogP contribution in [0.4, 0.5) is 0 Å². The molecule has 1 rings (SSSR count). The van der Waals surface area contributed by atoms with E-state index in [4.69, 9.17) is 8.92 Å². The minimum Gasteiger partial charge on any atom is -0.373 e. The maximum absolute atomic E-state index is 10.9. The Kier molecular flexibility index (Phi) is 4.29. The predicted octanol–water partition coefficient (Wildman–Crippen LogP) is -0.904. The third kappa shape index (κ3) is 5.21. The minimum atomic E-state index is -3.58. The second-order valence-corrected chi connectivity index (χ2v) is 6.77. The van der Waals surface area contributed by atoms with Crippen molar-refractivity contribution >= 4 is 20.2 Å². The summed E-state index contributed by atoms with van der Waals surface area (Å²) < 4.78 is 57.7. The Labute approximate surface area is 94.9 Å². The van der Waals surface area contributed by atoms with E-state index in [1.807, 2.05) is 0 Å². The molecule has 9 heteroatoms. The third-order valence-electron chi connectivity index (χ3n) is 1.89. The predicted molar refractivity (Wildman–Crippen MR) is 54.9 cm³/mol. The van der Waals surface area contributed by atoms with Crippen LogP contribution in [0.25, 0.3) is 0 Å². The Hall–Kier alpha value is -0.220. The zero-order chi connectivity index (χ0) is 12.4. The quantitative estimate of drug-likeness (QED) is 0.599. The molecule has 0 aromatic heterocycles. The second-order valence-electron chi connectivity index (χ2n) is 3.53. The molecule has 0 N–H and O–H groups in total. The summed E-state index contributed by atoms with van der Waals surface area (Å²) in [5.74, 6) is 0. The zero-order valence-corrected chi connectivity index (χ0v) is 10.6. The first-order valence-electron chi connectivity index (χ1n) is 4.52. The highest BCUT2D eigenvalue weighted by Gasteiger charge is 2.33. The van der Waals surface area contributed by atoms with Crippen molar-refractivity contribution in [2.75, 3.05) is 25.7 Å². The molecular formula is C7H14O7S2. The van der Waals surface area contributed by atoms with Gasteiger partial charge in [0.05, 0.1) is 19.1 Å². The van der Waals surface area contributed by atoms with Crippen molar-refractivity contribution in [3.8, 4) is 0 Å². The highest BCUT2D eigenvalue weighted by Crippen LogP contribution is 2.19. The standard InChI is InChI=1S/C7H14O7S2/c1-15(8,9)13-5-7-6(3-4-12-7)14-16(2,10)11/h6-7H,3-5H2,1-2H3/t6-,7+/m0/s1. The van der Waals surface area contributed by atoms with E-state index in [-0.39, 0.29) is 6.61 Å². The molecule has 7 nitrogen and oxygen atoms in total. The molecule has 1 aliphatic heterocycles.